The van der Waals surface area contributed by atoms with Crippen LogP contribution in [0.4, 0.5) is 0 Å². The van der Waals surface area contributed by atoms with Crippen LogP contribution in [0.1, 0.15) is 5.56 Å². The molecule has 0 radical (unpaired) electrons. The Hall–Kier alpha value is -1.87. The summed E-state index contributed by atoms with van der Waals surface area (Å²) in [5.41, 5.74) is 2.56. The number of pyridine rings is 1. The first-order chi connectivity index (χ1) is 7.85. The molecule has 0 saturated heterocycles. The Bertz CT molecular complexity index is 469. The minimum atomic E-state index is -0.0472. The highest BCUT2D eigenvalue weighted by atomic mass is 16.5. The summed E-state index contributed by atoms with van der Waals surface area (Å²) in [6.07, 6.45) is 1.65. The summed E-state index contributed by atoms with van der Waals surface area (Å²) in [4.78, 5) is 4.31. The maximum absolute atomic E-state index is 9.30. The Morgan fingerprint density at radius 3 is 2.62 bits per heavy atom. The Morgan fingerprint density at radius 2 is 2.00 bits per heavy atom. The van der Waals surface area contributed by atoms with Crippen LogP contribution in [0.25, 0.3) is 11.3 Å². The maximum atomic E-state index is 9.30. The Balaban J connectivity index is 2.49. The number of benzene rings is 1. The third-order valence-corrected chi connectivity index (χ3v) is 2.39. The van der Waals surface area contributed by atoms with E-state index in [0.29, 0.717) is 5.75 Å². The normalized spacial score (nSPS) is 10.1. The molecular weight excluding hydrogens is 202 g/mol. The van der Waals surface area contributed by atoms with E-state index in [1.54, 1.807) is 19.4 Å². The zero-order valence-corrected chi connectivity index (χ0v) is 9.05. The molecule has 1 aromatic carbocycles. The fourth-order valence-corrected chi connectivity index (χ4v) is 1.58. The quantitative estimate of drug-likeness (QED) is 0.853. The second-order valence-corrected chi connectivity index (χ2v) is 3.41. The molecular formula is C13H13NO2. The standard InChI is InChI=1S/C13H13NO2/c1-16-12-7-11(9-15)13(14-8-12)10-5-3-2-4-6-10/h2-8,15H,9H2,1H3. The summed E-state index contributed by atoms with van der Waals surface area (Å²) in [7, 11) is 1.58. The van der Waals surface area contributed by atoms with Crippen molar-refractivity contribution in [3.63, 3.8) is 0 Å². The van der Waals surface area contributed by atoms with Crippen LogP contribution in [0.2, 0.25) is 0 Å². The van der Waals surface area contributed by atoms with Gasteiger partial charge in [-0.15, -0.1) is 0 Å². The second kappa shape index (κ2) is 4.77. The highest BCUT2D eigenvalue weighted by molar-refractivity contribution is 5.63. The lowest BCUT2D eigenvalue weighted by Gasteiger charge is -2.08. The molecule has 0 fully saturated rings. The molecule has 1 aromatic heterocycles. The molecule has 0 aliphatic carbocycles. The molecule has 0 spiro atoms. The van der Waals surface area contributed by atoms with Crippen molar-refractivity contribution in [2.24, 2.45) is 0 Å². The topological polar surface area (TPSA) is 42.4 Å². The minimum absolute atomic E-state index is 0.0472. The molecule has 0 bridgehead atoms. The molecule has 0 unspecified atom stereocenters. The predicted molar refractivity (Wildman–Crippen MR) is 62.1 cm³/mol. The number of methoxy groups -OCH3 is 1. The largest absolute Gasteiger partial charge is 0.495 e. The maximum Gasteiger partial charge on any atom is 0.137 e. The SMILES string of the molecule is COc1cnc(-c2ccccc2)c(CO)c1. The van der Waals surface area contributed by atoms with E-state index < -0.39 is 0 Å². The number of ether oxygens (including phenoxy) is 1. The fraction of sp³-hybridized carbons (Fsp3) is 0.154. The van der Waals surface area contributed by atoms with Crippen molar-refractivity contribution in [2.45, 2.75) is 6.61 Å². The fourth-order valence-electron chi connectivity index (χ4n) is 1.58. The summed E-state index contributed by atoms with van der Waals surface area (Å²) in [5.74, 6) is 0.656. The van der Waals surface area contributed by atoms with Gasteiger partial charge in [0.2, 0.25) is 0 Å². The van der Waals surface area contributed by atoms with Gasteiger partial charge < -0.3 is 9.84 Å². The third kappa shape index (κ3) is 2.04. The van der Waals surface area contributed by atoms with Crippen LogP contribution in [0.5, 0.6) is 5.75 Å². The van der Waals surface area contributed by atoms with E-state index in [2.05, 4.69) is 4.98 Å². The van der Waals surface area contributed by atoms with Gasteiger partial charge in [-0.3, -0.25) is 4.98 Å². The van der Waals surface area contributed by atoms with E-state index in [1.165, 1.54) is 0 Å². The minimum Gasteiger partial charge on any atom is -0.495 e. The van der Waals surface area contributed by atoms with E-state index in [4.69, 9.17) is 4.74 Å². The van der Waals surface area contributed by atoms with E-state index in [-0.39, 0.29) is 6.61 Å². The third-order valence-electron chi connectivity index (χ3n) is 2.39. The average Bonchev–Trinajstić information content (AvgIpc) is 2.39. The van der Waals surface area contributed by atoms with Gasteiger partial charge in [0.25, 0.3) is 0 Å². The zero-order valence-electron chi connectivity index (χ0n) is 9.05. The van der Waals surface area contributed by atoms with Crippen LogP contribution >= 0.6 is 0 Å². The number of nitrogens with zero attached hydrogens (tertiary/aromatic N) is 1. The molecule has 0 saturated carbocycles. The average molecular weight is 215 g/mol. The first-order valence-electron chi connectivity index (χ1n) is 5.04. The van der Waals surface area contributed by atoms with Gasteiger partial charge in [0.15, 0.2) is 0 Å². The molecule has 3 heteroatoms. The molecule has 1 N–H and O–H groups in total. The van der Waals surface area contributed by atoms with Gasteiger partial charge in [0.05, 0.1) is 25.6 Å². The van der Waals surface area contributed by atoms with Gasteiger partial charge >= 0.3 is 0 Å². The zero-order chi connectivity index (χ0) is 11.4. The van der Waals surface area contributed by atoms with Crippen molar-refractivity contribution in [2.75, 3.05) is 7.11 Å². The van der Waals surface area contributed by atoms with Crippen LogP contribution in [0.3, 0.4) is 0 Å². The molecule has 3 nitrogen and oxygen atoms in total. The summed E-state index contributed by atoms with van der Waals surface area (Å²) in [6, 6.07) is 11.6. The second-order valence-electron chi connectivity index (χ2n) is 3.41. The smallest absolute Gasteiger partial charge is 0.137 e. The molecule has 0 aliphatic rings. The number of aliphatic hydroxyl groups is 1. The number of aromatic nitrogens is 1. The van der Waals surface area contributed by atoms with Crippen molar-refractivity contribution in [3.05, 3.63) is 48.2 Å². The molecule has 0 amide bonds. The first-order valence-corrected chi connectivity index (χ1v) is 5.04. The predicted octanol–water partition coefficient (Wildman–Crippen LogP) is 2.25. The number of hydrogen-bond acceptors (Lipinski definition) is 3. The lowest BCUT2D eigenvalue weighted by molar-refractivity contribution is 0.281. The summed E-state index contributed by atoms with van der Waals surface area (Å²) in [5, 5.41) is 9.30. The molecule has 82 valence electrons. The monoisotopic (exact) mass is 215 g/mol. The lowest BCUT2D eigenvalue weighted by atomic mass is 10.1. The van der Waals surface area contributed by atoms with Crippen molar-refractivity contribution in [3.8, 4) is 17.0 Å². The van der Waals surface area contributed by atoms with Crippen LogP contribution in [0.15, 0.2) is 42.6 Å². The molecule has 2 aromatic rings. The lowest BCUT2D eigenvalue weighted by Crippen LogP contribution is -1.95. The van der Waals surface area contributed by atoms with E-state index in [9.17, 15) is 5.11 Å². The van der Waals surface area contributed by atoms with Gasteiger partial charge in [-0.2, -0.15) is 0 Å². The van der Waals surface area contributed by atoms with Crippen LogP contribution in [-0.2, 0) is 6.61 Å². The van der Waals surface area contributed by atoms with Gasteiger partial charge in [0, 0.05) is 11.1 Å². The first kappa shape index (κ1) is 10.6. The van der Waals surface area contributed by atoms with Crippen LogP contribution in [0, 0.1) is 0 Å². The highest BCUT2D eigenvalue weighted by Gasteiger charge is 2.07. The molecule has 0 atom stereocenters. The van der Waals surface area contributed by atoms with Crippen molar-refractivity contribution in [1.29, 1.82) is 0 Å². The summed E-state index contributed by atoms with van der Waals surface area (Å²) < 4.78 is 5.07. The Kier molecular flexibility index (Phi) is 3.17. The number of aliphatic hydroxyl groups excluding tert-OH is 1. The Morgan fingerprint density at radius 1 is 1.25 bits per heavy atom. The van der Waals surface area contributed by atoms with Crippen LogP contribution < -0.4 is 4.74 Å². The van der Waals surface area contributed by atoms with Crippen LogP contribution in [-0.4, -0.2) is 17.2 Å². The van der Waals surface area contributed by atoms with Gasteiger partial charge in [-0.05, 0) is 6.07 Å². The van der Waals surface area contributed by atoms with Gasteiger partial charge in [-0.25, -0.2) is 0 Å². The Labute approximate surface area is 94.3 Å². The van der Waals surface area contributed by atoms with Crippen molar-refractivity contribution >= 4 is 0 Å². The number of rotatable bonds is 3. The van der Waals surface area contributed by atoms with Gasteiger partial charge in [0.1, 0.15) is 5.75 Å². The highest BCUT2D eigenvalue weighted by Crippen LogP contribution is 2.24. The molecule has 1 heterocycles. The van der Waals surface area contributed by atoms with E-state index in [0.717, 1.165) is 16.8 Å². The van der Waals surface area contributed by atoms with Gasteiger partial charge in [-0.1, -0.05) is 30.3 Å². The summed E-state index contributed by atoms with van der Waals surface area (Å²) in [6.45, 7) is -0.0472. The molecule has 16 heavy (non-hydrogen) atoms. The number of hydrogen-bond donors (Lipinski definition) is 1. The van der Waals surface area contributed by atoms with E-state index in [1.807, 2.05) is 30.3 Å². The van der Waals surface area contributed by atoms with E-state index >= 15 is 0 Å². The molecule has 2 rings (SSSR count). The summed E-state index contributed by atoms with van der Waals surface area (Å²) >= 11 is 0. The van der Waals surface area contributed by atoms with Crippen molar-refractivity contribution in [1.82, 2.24) is 4.98 Å². The molecule has 0 aliphatic heterocycles. The van der Waals surface area contributed by atoms with Crippen molar-refractivity contribution < 1.29 is 9.84 Å².